The topological polar surface area (TPSA) is 83.2 Å². The Labute approximate surface area is 161 Å². The first-order valence-corrected chi connectivity index (χ1v) is 9.37. The molecule has 0 bridgehead atoms. The highest BCUT2D eigenvalue weighted by molar-refractivity contribution is 7.17. The number of rotatable bonds is 7. The molecule has 1 atom stereocenters. The number of carboxylic acid groups (broad SMARTS) is 1. The van der Waals surface area contributed by atoms with Crippen molar-refractivity contribution in [2.75, 3.05) is 6.61 Å². The predicted molar refractivity (Wildman–Crippen MR) is 105 cm³/mol. The van der Waals surface area contributed by atoms with Gasteiger partial charge in [0.2, 0.25) is 0 Å². The minimum absolute atomic E-state index is 0.189. The van der Waals surface area contributed by atoms with E-state index in [0.717, 1.165) is 22.5 Å². The van der Waals surface area contributed by atoms with Gasteiger partial charge in [-0.15, -0.1) is 11.3 Å². The van der Waals surface area contributed by atoms with Crippen LogP contribution < -0.4 is 4.74 Å². The molecule has 27 heavy (non-hydrogen) atoms. The Balaban J connectivity index is 2.00. The van der Waals surface area contributed by atoms with Crippen LogP contribution in [0.1, 0.15) is 23.0 Å². The smallest absolute Gasteiger partial charge is 0.348 e. The molecule has 3 aromatic rings. The summed E-state index contributed by atoms with van der Waals surface area (Å²) in [6.07, 6.45) is 0.706. The first-order chi connectivity index (χ1) is 13.1. The second-order valence-corrected chi connectivity index (χ2v) is 6.91. The summed E-state index contributed by atoms with van der Waals surface area (Å²) in [4.78, 5) is 16.5. The third-order valence-corrected chi connectivity index (χ3v) is 5.18. The summed E-state index contributed by atoms with van der Waals surface area (Å²) < 4.78 is 5.85. The number of benzene rings is 2. The van der Waals surface area contributed by atoms with Gasteiger partial charge < -0.3 is 9.84 Å². The van der Waals surface area contributed by atoms with E-state index in [1.165, 1.54) is 0 Å². The molecule has 0 radical (unpaired) electrons. The zero-order valence-electron chi connectivity index (χ0n) is 14.8. The molecular formula is C21H18N2O3S. The molecule has 0 spiro atoms. The maximum absolute atomic E-state index is 11.7. The zero-order chi connectivity index (χ0) is 19.2. The molecule has 0 amide bonds. The van der Waals surface area contributed by atoms with Crippen molar-refractivity contribution in [3.63, 3.8) is 0 Å². The fourth-order valence-corrected chi connectivity index (χ4v) is 3.53. The van der Waals surface area contributed by atoms with Crippen molar-refractivity contribution in [1.29, 1.82) is 5.26 Å². The molecule has 0 aliphatic heterocycles. The lowest BCUT2D eigenvalue weighted by molar-refractivity contribution is 0.0702. The van der Waals surface area contributed by atoms with Gasteiger partial charge in [-0.3, -0.25) is 0 Å². The quantitative estimate of drug-likeness (QED) is 0.618. The van der Waals surface area contributed by atoms with Crippen LogP contribution in [0.4, 0.5) is 0 Å². The van der Waals surface area contributed by atoms with Crippen molar-refractivity contribution >= 4 is 17.3 Å². The van der Waals surface area contributed by atoms with E-state index in [1.807, 2.05) is 61.5 Å². The van der Waals surface area contributed by atoms with Crippen LogP contribution in [0.3, 0.4) is 0 Å². The van der Waals surface area contributed by atoms with Crippen molar-refractivity contribution in [1.82, 2.24) is 4.98 Å². The molecule has 2 aromatic carbocycles. The second-order valence-electron chi connectivity index (χ2n) is 5.91. The van der Waals surface area contributed by atoms with Crippen LogP contribution >= 0.6 is 11.3 Å². The van der Waals surface area contributed by atoms with Gasteiger partial charge in [-0.25, -0.2) is 9.78 Å². The summed E-state index contributed by atoms with van der Waals surface area (Å²) in [5.74, 6) is -0.605. The van der Waals surface area contributed by atoms with Crippen LogP contribution in [0.2, 0.25) is 0 Å². The Morgan fingerprint density at radius 3 is 2.59 bits per heavy atom. The van der Waals surface area contributed by atoms with Gasteiger partial charge >= 0.3 is 5.97 Å². The summed E-state index contributed by atoms with van der Waals surface area (Å²) in [5, 5.41) is 19.3. The Hall–Kier alpha value is -3.17. The van der Waals surface area contributed by atoms with Gasteiger partial charge in [-0.2, -0.15) is 5.26 Å². The fraction of sp³-hybridized carbons (Fsp3) is 0.190. The predicted octanol–water partition coefficient (Wildman–Crippen LogP) is 5.10. The van der Waals surface area contributed by atoms with Gasteiger partial charge in [0.1, 0.15) is 22.2 Å². The maximum atomic E-state index is 11.7. The summed E-state index contributed by atoms with van der Waals surface area (Å²) in [7, 11) is 0. The minimum Gasteiger partial charge on any atom is -0.491 e. The van der Waals surface area contributed by atoms with Gasteiger partial charge in [0.25, 0.3) is 0 Å². The van der Waals surface area contributed by atoms with Gasteiger partial charge in [0.05, 0.1) is 23.2 Å². The molecule has 5 nitrogen and oxygen atoms in total. The molecule has 0 aliphatic rings. The number of nitriles is 1. The van der Waals surface area contributed by atoms with E-state index in [9.17, 15) is 9.90 Å². The van der Waals surface area contributed by atoms with E-state index in [4.69, 9.17) is 10.00 Å². The van der Waals surface area contributed by atoms with E-state index in [-0.39, 0.29) is 17.4 Å². The lowest BCUT2D eigenvalue weighted by atomic mass is 10.1. The van der Waals surface area contributed by atoms with E-state index < -0.39 is 5.97 Å². The molecule has 1 heterocycles. The molecule has 136 valence electrons. The lowest BCUT2D eigenvalue weighted by Crippen LogP contribution is -2.09. The van der Waals surface area contributed by atoms with Crippen molar-refractivity contribution in [3.05, 3.63) is 59.5 Å². The van der Waals surface area contributed by atoms with E-state index in [2.05, 4.69) is 11.1 Å². The summed E-state index contributed by atoms with van der Waals surface area (Å²) in [6, 6.07) is 18.8. The Bertz CT molecular complexity index is 977. The number of thiazole rings is 1. The Morgan fingerprint density at radius 1 is 1.22 bits per heavy atom. The molecule has 6 heteroatoms. The van der Waals surface area contributed by atoms with Gasteiger partial charge in [-0.1, -0.05) is 49.4 Å². The van der Waals surface area contributed by atoms with Crippen LogP contribution in [0.15, 0.2) is 54.6 Å². The summed E-state index contributed by atoms with van der Waals surface area (Å²) >= 11 is 1.12. The van der Waals surface area contributed by atoms with Gasteiger partial charge in [0.15, 0.2) is 0 Å². The number of para-hydroxylation sites is 1. The monoisotopic (exact) mass is 378 g/mol. The number of hydrogen-bond acceptors (Lipinski definition) is 5. The first-order valence-electron chi connectivity index (χ1n) is 8.55. The average molecular weight is 378 g/mol. The normalized spacial score (nSPS) is 11.6. The van der Waals surface area contributed by atoms with Crippen LogP contribution in [-0.2, 0) is 0 Å². The van der Waals surface area contributed by atoms with Crippen LogP contribution in [0.25, 0.3) is 21.8 Å². The number of carboxylic acids is 1. The van der Waals surface area contributed by atoms with E-state index in [1.54, 1.807) is 0 Å². The highest BCUT2D eigenvalue weighted by atomic mass is 32.1. The highest BCUT2D eigenvalue weighted by Gasteiger charge is 2.21. The number of aromatic nitrogens is 1. The third kappa shape index (κ3) is 4.15. The van der Waals surface area contributed by atoms with Crippen molar-refractivity contribution < 1.29 is 14.6 Å². The van der Waals surface area contributed by atoms with Gasteiger partial charge in [-0.05, 0) is 18.6 Å². The third-order valence-electron chi connectivity index (χ3n) is 4.10. The van der Waals surface area contributed by atoms with Crippen LogP contribution in [-0.4, -0.2) is 22.7 Å². The number of hydrogen-bond donors (Lipinski definition) is 1. The largest absolute Gasteiger partial charge is 0.491 e. The molecule has 1 aromatic heterocycles. The SMILES string of the molecule is CCC(C#N)COc1ccccc1-c1nc(-c2ccccc2)c(C(=O)O)s1. The lowest BCUT2D eigenvalue weighted by Gasteiger charge is -2.12. The first kappa shape index (κ1) is 18.6. The van der Waals surface area contributed by atoms with Crippen molar-refractivity contribution in [3.8, 4) is 33.6 Å². The standard InChI is InChI=1S/C21H18N2O3S/c1-2-14(12-22)13-26-17-11-7-6-10-16(17)20-23-18(19(27-20)21(24)25)15-8-4-3-5-9-15/h3-11,14H,2,13H2,1H3,(H,24,25). The van der Waals surface area contributed by atoms with Crippen LogP contribution in [0.5, 0.6) is 5.75 Å². The molecule has 0 aliphatic carbocycles. The van der Waals surface area contributed by atoms with Crippen molar-refractivity contribution in [2.45, 2.75) is 13.3 Å². The van der Waals surface area contributed by atoms with Crippen molar-refractivity contribution in [2.24, 2.45) is 5.92 Å². The summed E-state index contributed by atoms with van der Waals surface area (Å²) in [6.45, 7) is 2.22. The Morgan fingerprint density at radius 2 is 1.93 bits per heavy atom. The molecule has 1 N–H and O–H groups in total. The number of aromatic carboxylic acids is 1. The minimum atomic E-state index is -1.01. The molecule has 0 fully saturated rings. The van der Waals surface area contributed by atoms with Crippen LogP contribution in [0, 0.1) is 17.2 Å². The molecule has 0 saturated heterocycles. The maximum Gasteiger partial charge on any atom is 0.348 e. The Kier molecular flexibility index (Phi) is 5.84. The molecule has 0 saturated carbocycles. The molecule has 3 rings (SSSR count). The highest BCUT2D eigenvalue weighted by Crippen LogP contribution is 2.38. The molecule has 1 unspecified atom stereocenters. The van der Waals surface area contributed by atoms with E-state index in [0.29, 0.717) is 22.9 Å². The molecular weight excluding hydrogens is 360 g/mol. The van der Waals surface area contributed by atoms with E-state index >= 15 is 0 Å². The fourth-order valence-electron chi connectivity index (χ4n) is 2.58. The zero-order valence-corrected chi connectivity index (χ0v) is 15.6. The summed E-state index contributed by atoms with van der Waals surface area (Å²) in [5.41, 5.74) is 1.92. The number of ether oxygens (including phenoxy) is 1. The second kappa shape index (κ2) is 8.47. The number of carbonyl (C=O) groups is 1. The average Bonchev–Trinajstić information content (AvgIpc) is 3.15. The van der Waals surface area contributed by atoms with Gasteiger partial charge in [0, 0.05) is 5.56 Å². The number of nitrogens with zero attached hydrogens (tertiary/aromatic N) is 2.